The molecule has 0 spiro atoms. The minimum Gasteiger partial charge on any atom is -0.356 e. The third-order valence-corrected chi connectivity index (χ3v) is 5.62. The monoisotopic (exact) mass is 390 g/mol. The number of aromatic nitrogens is 2. The van der Waals surface area contributed by atoms with Gasteiger partial charge in [-0.25, -0.2) is 9.97 Å². The van der Waals surface area contributed by atoms with Crippen LogP contribution in [0.1, 0.15) is 37.6 Å². The van der Waals surface area contributed by atoms with Crippen LogP contribution in [0.25, 0.3) is 0 Å². The number of fused-ring (bicyclic) bond motifs is 1. The lowest BCUT2D eigenvalue weighted by molar-refractivity contribution is 0.693. The maximum absolute atomic E-state index is 6.47. The van der Waals surface area contributed by atoms with E-state index in [2.05, 4.69) is 16.7 Å². The van der Waals surface area contributed by atoms with Crippen LogP contribution in [0.4, 0.5) is 17.3 Å². The van der Waals surface area contributed by atoms with E-state index in [4.69, 9.17) is 33.2 Å². The van der Waals surface area contributed by atoms with E-state index in [1.807, 2.05) is 19.1 Å². The van der Waals surface area contributed by atoms with Crippen LogP contribution in [0.2, 0.25) is 10.0 Å². The van der Waals surface area contributed by atoms with Crippen LogP contribution in [0.3, 0.4) is 0 Å². The summed E-state index contributed by atoms with van der Waals surface area (Å²) in [7, 11) is 0. The first-order valence-electron chi connectivity index (χ1n) is 9.42. The van der Waals surface area contributed by atoms with Crippen molar-refractivity contribution in [3.63, 3.8) is 0 Å². The van der Waals surface area contributed by atoms with Crippen LogP contribution >= 0.6 is 23.2 Å². The van der Waals surface area contributed by atoms with E-state index in [1.165, 1.54) is 18.4 Å². The third kappa shape index (κ3) is 3.49. The zero-order chi connectivity index (χ0) is 18.3. The highest BCUT2D eigenvalue weighted by atomic mass is 35.5. The minimum absolute atomic E-state index is 0.649. The van der Waals surface area contributed by atoms with Gasteiger partial charge in [0.2, 0.25) is 0 Å². The summed E-state index contributed by atoms with van der Waals surface area (Å²) in [5, 5.41) is 1.31. The normalized spacial score (nSPS) is 16.1. The number of nitrogens with zero attached hydrogens (tertiary/aromatic N) is 4. The third-order valence-electron chi connectivity index (χ3n) is 5.09. The summed E-state index contributed by atoms with van der Waals surface area (Å²) in [6, 6.07) is 5.65. The Morgan fingerprint density at radius 3 is 2.73 bits per heavy atom. The molecule has 1 fully saturated rings. The largest absolute Gasteiger partial charge is 0.356 e. The van der Waals surface area contributed by atoms with Gasteiger partial charge < -0.3 is 9.80 Å². The lowest BCUT2D eigenvalue weighted by Crippen LogP contribution is -2.29. The molecule has 1 aliphatic carbocycles. The summed E-state index contributed by atoms with van der Waals surface area (Å²) in [6.07, 6.45) is 4.75. The smallest absolute Gasteiger partial charge is 0.142 e. The van der Waals surface area contributed by atoms with Gasteiger partial charge in [0, 0.05) is 30.2 Å². The van der Waals surface area contributed by atoms with Gasteiger partial charge in [-0.2, -0.15) is 0 Å². The second-order valence-corrected chi connectivity index (χ2v) is 8.13. The molecule has 2 heterocycles. The highest BCUT2D eigenvalue weighted by molar-refractivity contribution is 6.36. The standard InChI is InChI=1S/C20H24Cl2N4/c1-3-9-25(12-14-4-5-14)19-16-8-10-26(20(16)24-13(2)23-19)18-7-6-15(21)11-17(18)22/h6-7,11,14H,3-5,8-10,12H2,1-2H3. The van der Waals surface area contributed by atoms with E-state index < -0.39 is 0 Å². The molecule has 138 valence electrons. The first-order valence-corrected chi connectivity index (χ1v) is 10.2. The summed E-state index contributed by atoms with van der Waals surface area (Å²) >= 11 is 12.5. The highest BCUT2D eigenvalue weighted by Crippen LogP contribution is 2.41. The van der Waals surface area contributed by atoms with Gasteiger partial charge in [-0.3, -0.25) is 0 Å². The maximum atomic E-state index is 6.47. The van der Waals surface area contributed by atoms with E-state index in [1.54, 1.807) is 6.07 Å². The average Bonchev–Trinajstić information content (AvgIpc) is 3.32. The fourth-order valence-electron chi connectivity index (χ4n) is 3.70. The molecule has 1 aromatic heterocycles. The molecule has 2 aromatic rings. The van der Waals surface area contributed by atoms with Gasteiger partial charge in [0.15, 0.2) is 0 Å². The summed E-state index contributed by atoms with van der Waals surface area (Å²) in [5.74, 6) is 3.76. The predicted octanol–water partition coefficient (Wildman–Crippen LogP) is 5.41. The van der Waals surface area contributed by atoms with Crippen molar-refractivity contribution in [3.05, 3.63) is 39.6 Å². The van der Waals surface area contributed by atoms with Gasteiger partial charge in [-0.05, 0) is 56.7 Å². The Bertz CT molecular complexity index is 820. The zero-order valence-corrected chi connectivity index (χ0v) is 16.8. The second kappa shape index (κ2) is 7.24. The molecule has 1 saturated carbocycles. The molecule has 0 amide bonds. The molecule has 1 aliphatic heterocycles. The van der Waals surface area contributed by atoms with Crippen molar-refractivity contribution in [1.29, 1.82) is 0 Å². The zero-order valence-electron chi connectivity index (χ0n) is 15.3. The summed E-state index contributed by atoms with van der Waals surface area (Å²) in [6.45, 7) is 7.23. The molecule has 0 unspecified atom stereocenters. The molecule has 0 bridgehead atoms. The summed E-state index contributed by atoms with van der Waals surface area (Å²) < 4.78 is 0. The molecular weight excluding hydrogens is 367 g/mol. The van der Waals surface area contributed by atoms with Crippen molar-refractivity contribution in [3.8, 4) is 0 Å². The number of rotatable bonds is 6. The molecule has 0 N–H and O–H groups in total. The van der Waals surface area contributed by atoms with E-state index >= 15 is 0 Å². The number of hydrogen-bond donors (Lipinski definition) is 0. The van der Waals surface area contributed by atoms with Crippen molar-refractivity contribution in [2.75, 3.05) is 29.4 Å². The van der Waals surface area contributed by atoms with E-state index in [0.717, 1.165) is 61.5 Å². The first kappa shape index (κ1) is 17.9. The van der Waals surface area contributed by atoms with Gasteiger partial charge in [-0.15, -0.1) is 0 Å². The summed E-state index contributed by atoms with van der Waals surface area (Å²) in [4.78, 5) is 14.3. The van der Waals surface area contributed by atoms with Crippen LogP contribution in [0, 0.1) is 12.8 Å². The highest BCUT2D eigenvalue weighted by Gasteiger charge is 2.31. The van der Waals surface area contributed by atoms with Crippen molar-refractivity contribution in [1.82, 2.24) is 9.97 Å². The van der Waals surface area contributed by atoms with Gasteiger partial charge in [0.1, 0.15) is 17.5 Å². The molecule has 0 radical (unpaired) electrons. The van der Waals surface area contributed by atoms with Crippen LogP contribution < -0.4 is 9.80 Å². The number of aryl methyl sites for hydroxylation is 1. The number of halogens is 2. The quantitative estimate of drug-likeness (QED) is 0.659. The molecule has 4 rings (SSSR count). The van der Waals surface area contributed by atoms with Crippen molar-refractivity contribution in [2.45, 2.75) is 39.5 Å². The summed E-state index contributed by atoms with van der Waals surface area (Å²) in [5.41, 5.74) is 2.21. The fraction of sp³-hybridized carbons (Fsp3) is 0.500. The molecule has 26 heavy (non-hydrogen) atoms. The molecular formula is C20H24Cl2N4. The Kier molecular flexibility index (Phi) is 4.98. The lowest BCUT2D eigenvalue weighted by Gasteiger charge is -2.26. The molecule has 0 saturated heterocycles. The number of hydrogen-bond acceptors (Lipinski definition) is 4. The molecule has 4 nitrogen and oxygen atoms in total. The average molecular weight is 391 g/mol. The van der Waals surface area contributed by atoms with Gasteiger partial charge in [-0.1, -0.05) is 30.1 Å². The SMILES string of the molecule is CCCN(CC1CC1)c1nc(C)nc2c1CCN2c1ccc(Cl)cc1Cl. The maximum Gasteiger partial charge on any atom is 0.142 e. The van der Waals surface area contributed by atoms with Gasteiger partial charge >= 0.3 is 0 Å². The van der Waals surface area contributed by atoms with Gasteiger partial charge in [0.25, 0.3) is 0 Å². The molecule has 1 aromatic carbocycles. The van der Waals surface area contributed by atoms with Gasteiger partial charge in [0.05, 0.1) is 10.7 Å². The Labute approximate surface area is 165 Å². The minimum atomic E-state index is 0.649. The topological polar surface area (TPSA) is 32.3 Å². The van der Waals surface area contributed by atoms with Crippen LogP contribution in [-0.4, -0.2) is 29.6 Å². The Morgan fingerprint density at radius 2 is 2.04 bits per heavy atom. The Balaban J connectivity index is 1.73. The van der Waals surface area contributed by atoms with E-state index in [-0.39, 0.29) is 0 Å². The molecule has 0 atom stereocenters. The fourth-order valence-corrected chi connectivity index (χ4v) is 4.22. The van der Waals surface area contributed by atoms with Crippen molar-refractivity contribution in [2.24, 2.45) is 5.92 Å². The number of anilines is 3. The lowest BCUT2D eigenvalue weighted by atomic mass is 10.2. The van der Waals surface area contributed by atoms with Crippen LogP contribution in [-0.2, 0) is 6.42 Å². The molecule has 6 heteroatoms. The van der Waals surface area contributed by atoms with Crippen LogP contribution in [0.5, 0.6) is 0 Å². The second-order valence-electron chi connectivity index (χ2n) is 7.28. The molecule has 2 aliphatic rings. The van der Waals surface area contributed by atoms with E-state index in [9.17, 15) is 0 Å². The Hall–Kier alpha value is -1.52. The van der Waals surface area contributed by atoms with Crippen molar-refractivity contribution < 1.29 is 0 Å². The number of benzene rings is 1. The van der Waals surface area contributed by atoms with Crippen molar-refractivity contribution >= 4 is 40.5 Å². The first-order chi connectivity index (χ1) is 12.6. The predicted molar refractivity (Wildman–Crippen MR) is 109 cm³/mol. The van der Waals surface area contributed by atoms with E-state index in [0.29, 0.717) is 10.0 Å². The van der Waals surface area contributed by atoms with Crippen LogP contribution in [0.15, 0.2) is 18.2 Å². The Morgan fingerprint density at radius 1 is 1.23 bits per heavy atom.